The van der Waals surface area contributed by atoms with Gasteiger partial charge in [-0.1, -0.05) is 6.07 Å². The summed E-state index contributed by atoms with van der Waals surface area (Å²) in [7, 11) is 1.89. The first kappa shape index (κ1) is 12.0. The summed E-state index contributed by atoms with van der Waals surface area (Å²) < 4.78 is 0. The molecule has 0 aliphatic rings. The van der Waals surface area contributed by atoms with Gasteiger partial charge in [0.2, 0.25) is 0 Å². The number of hydrogen-bond donors (Lipinski definition) is 1. The second-order valence-corrected chi connectivity index (χ2v) is 3.89. The fourth-order valence-corrected chi connectivity index (χ4v) is 1.55. The van der Waals surface area contributed by atoms with E-state index in [0.717, 1.165) is 5.69 Å². The second-order valence-electron chi connectivity index (χ2n) is 3.89. The van der Waals surface area contributed by atoms with Crippen LogP contribution in [-0.4, -0.2) is 28.1 Å². The Hall–Kier alpha value is -2.43. The fourth-order valence-electron chi connectivity index (χ4n) is 1.55. The third-order valence-electron chi connectivity index (χ3n) is 2.51. The molecule has 0 aliphatic carbocycles. The largest absolute Gasteiger partial charge is 0.478 e. The lowest BCUT2D eigenvalue weighted by Gasteiger charge is -2.17. The van der Waals surface area contributed by atoms with Gasteiger partial charge in [0, 0.05) is 19.4 Å². The van der Waals surface area contributed by atoms with E-state index < -0.39 is 5.97 Å². The molecule has 92 valence electrons. The standard InChI is InChI=1S/C13H13N3O2/c1-16(9-11-4-2-3-7-14-11)12-6-5-10(8-15-12)13(17)18/h2-8H,9H2,1H3,(H,17,18). The molecule has 0 saturated heterocycles. The van der Waals surface area contributed by atoms with Crippen molar-refractivity contribution in [2.45, 2.75) is 6.54 Å². The highest BCUT2D eigenvalue weighted by molar-refractivity contribution is 5.87. The Morgan fingerprint density at radius 2 is 2.11 bits per heavy atom. The van der Waals surface area contributed by atoms with Gasteiger partial charge in [-0.25, -0.2) is 9.78 Å². The predicted octanol–water partition coefficient (Wildman–Crippen LogP) is 1.81. The van der Waals surface area contributed by atoms with E-state index >= 15 is 0 Å². The van der Waals surface area contributed by atoms with Gasteiger partial charge in [-0.3, -0.25) is 4.98 Å². The molecule has 2 aromatic heterocycles. The van der Waals surface area contributed by atoms with Crippen LogP contribution in [0.3, 0.4) is 0 Å². The first-order chi connectivity index (χ1) is 8.66. The summed E-state index contributed by atoms with van der Waals surface area (Å²) in [5.41, 5.74) is 1.12. The Kier molecular flexibility index (Phi) is 3.52. The van der Waals surface area contributed by atoms with Crippen molar-refractivity contribution >= 4 is 11.8 Å². The normalized spacial score (nSPS) is 10.1. The van der Waals surface area contributed by atoms with Gasteiger partial charge >= 0.3 is 5.97 Å². The summed E-state index contributed by atoms with van der Waals surface area (Å²) in [4.78, 5) is 21.0. The van der Waals surface area contributed by atoms with Gasteiger partial charge < -0.3 is 10.0 Å². The van der Waals surface area contributed by atoms with Gasteiger partial charge in [0.15, 0.2) is 0 Å². The maximum absolute atomic E-state index is 10.7. The number of carboxylic acids is 1. The zero-order valence-corrected chi connectivity index (χ0v) is 9.95. The van der Waals surface area contributed by atoms with Gasteiger partial charge in [0.05, 0.1) is 17.8 Å². The van der Waals surface area contributed by atoms with Gasteiger partial charge in [0.25, 0.3) is 0 Å². The van der Waals surface area contributed by atoms with Crippen molar-refractivity contribution in [1.82, 2.24) is 9.97 Å². The van der Waals surface area contributed by atoms with E-state index in [1.807, 2.05) is 30.1 Å². The van der Waals surface area contributed by atoms with Crippen LogP contribution in [0.2, 0.25) is 0 Å². The third kappa shape index (κ3) is 2.82. The minimum Gasteiger partial charge on any atom is -0.478 e. The van der Waals surface area contributed by atoms with Crippen molar-refractivity contribution in [3.63, 3.8) is 0 Å². The first-order valence-electron chi connectivity index (χ1n) is 5.47. The molecular formula is C13H13N3O2. The van der Waals surface area contributed by atoms with Crippen molar-refractivity contribution in [3.8, 4) is 0 Å². The highest BCUT2D eigenvalue weighted by Crippen LogP contribution is 2.12. The Bertz CT molecular complexity index is 526. The Morgan fingerprint density at radius 3 is 2.67 bits per heavy atom. The fraction of sp³-hybridized carbons (Fsp3) is 0.154. The van der Waals surface area contributed by atoms with Gasteiger partial charge in [0.1, 0.15) is 5.82 Å². The van der Waals surface area contributed by atoms with Crippen LogP contribution in [-0.2, 0) is 6.54 Å². The molecule has 0 aromatic carbocycles. The monoisotopic (exact) mass is 243 g/mol. The summed E-state index contributed by atoms with van der Waals surface area (Å²) in [6.07, 6.45) is 3.09. The SMILES string of the molecule is CN(Cc1ccccn1)c1ccc(C(=O)O)cn1. The first-order valence-corrected chi connectivity index (χ1v) is 5.47. The molecule has 0 spiro atoms. The molecule has 2 aromatic rings. The smallest absolute Gasteiger partial charge is 0.337 e. The lowest BCUT2D eigenvalue weighted by Crippen LogP contribution is -2.18. The molecule has 0 bridgehead atoms. The highest BCUT2D eigenvalue weighted by Gasteiger charge is 2.06. The summed E-state index contributed by atoms with van der Waals surface area (Å²) in [5, 5.41) is 8.79. The van der Waals surface area contributed by atoms with Crippen molar-refractivity contribution in [2.24, 2.45) is 0 Å². The quantitative estimate of drug-likeness (QED) is 0.887. The maximum atomic E-state index is 10.7. The second kappa shape index (κ2) is 5.27. The summed E-state index contributed by atoms with van der Waals surface area (Å²) in [6.45, 7) is 0.625. The Morgan fingerprint density at radius 1 is 1.28 bits per heavy atom. The molecule has 0 unspecified atom stereocenters. The van der Waals surface area contributed by atoms with E-state index in [-0.39, 0.29) is 5.56 Å². The van der Waals surface area contributed by atoms with Crippen molar-refractivity contribution in [1.29, 1.82) is 0 Å². The number of carboxylic acid groups (broad SMARTS) is 1. The van der Waals surface area contributed by atoms with E-state index in [1.165, 1.54) is 6.20 Å². The van der Waals surface area contributed by atoms with Crippen LogP contribution in [0.1, 0.15) is 16.1 Å². The molecule has 5 heteroatoms. The molecule has 5 nitrogen and oxygen atoms in total. The van der Waals surface area contributed by atoms with E-state index in [4.69, 9.17) is 5.11 Å². The van der Waals surface area contributed by atoms with Gasteiger partial charge in [-0.2, -0.15) is 0 Å². The van der Waals surface area contributed by atoms with Crippen LogP contribution in [0.4, 0.5) is 5.82 Å². The van der Waals surface area contributed by atoms with Crippen molar-refractivity contribution < 1.29 is 9.90 Å². The zero-order chi connectivity index (χ0) is 13.0. The van der Waals surface area contributed by atoms with Crippen molar-refractivity contribution in [3.05, 3.63) is 54.0 Å². The lowest BCUT2D eigenvalue weighted by molar-refractivity contribution is 0.0696. The molecule has 18 heavy (non-hydrogen) atoms. The van der Waals surface area contributed by atoms with Crippen LogP contribution >= 0.6 is 0 Å². The lowest BCUT2D eigenvalue weighted by atomic mass is 10.3. The summed E-state index contributed by atoms with van der Waals surface area (Å²) in [6, 6.07) is 8.95. The third-order valence-corrected chi connectivity index (χ3v) is 2.51. The van der Waals surface area contributed by atoms with Crippen LogP contribution in [0.5, 0.6) is 0 Å². The molecule has 0 fully saturated rings. The number of carbonyl (C=O) groups is 1. The van der Waals surface area contributed by atoms with E-state index in [2.05, 4.69) is 9.97 Å². The molecule has 2 heterocycles. The van der Waals surface area contributed by atoms with Crippen molar-refractivity contribution in [2.75, 3.05) is 11.9 Å². The number of nitrogens with zero attached hydrogens (tertiary/aromatic N) is 3. The van der Waals surface area contributed by atoms with E-state index in [0.29, 0.717) is 12.4 Å². The van der Waals surface area contributed by atoms with Crippen LogP contribution in [0.25, 0.3) is 0 Å². The molecule has 0 saturated carbocycles. The number of pyridine rings is 2. The molecule has 0 aliphatic heterocycles. The summed E-state index contributed by atoms with van der Waals surface area (Å²) in [5.74, 6) is -0.257. The van der Waals surface area contributed by atoms with Crippen LogP contribution in [0.15, 0.2) is 42.7 Å². The van der Waals surface area contributed by atoms with E-state index in [9.17, 15) is 4.79 Å². The van der Waals surface area contributed by atoms with Gasteiger partial charge in [-0.15, -0.1) is 0 Å². The average molecular weight is 243 g/mol. The number of hydrogen-bond acceptors (Lipinski definition) is 4. The minimum atomic E-state index is -0.971. The number of aromatic carboxylic acids is 1. The van der Waals surface area contributed by atoms with Crippen LogP contribution < -0.4 is 4.90 Å². The minimum absolute atomic E-state index is 0.185. The Balaban J connectivity index is 2.09. The Labute approximate surface area is 105 Å². The number of rotatable bonds is 4. The average Bonchev–Trinajstić information content (AvgIpc) is 2.40. The molecular weight excluding hydrogens is 230 g/mol. The van der Waals surface area contributed by atoms with Gasteiger partial charge in [-0.05, 0) is 24.3 Å². The predicted molar refractivity (Wildman–Crippen MR) is 67.5 cm³/mol. The number of anilines is 1. The number of aromatic nitrogens is 2. The zero-order valence-electron chi connectivity index (χ0n) is 9.95. The highest BCUT2D eigenvalue weighted by atomic mass is 16.4. The molecule has 0 radical (unpaired) electrons. The molecule has 1 N–H and O–H groups in total. The molecule has 2 rings (SSSR count). The van der Waals surface area contributed by atoms with Crippen LogP contribution in [0, 0.1) is 0 Å². The van der Waals surface area contributed by atoms with E-state index in [1.54, 1.807) is 18.3 Å². The summed E-state index contributed by atoms with van der Waals surface area (Å²) >= 11 is 0. The topological polar surface area (TPSA) is 66.3 Å². The molecule has 0 atom stereocenters. The maximum Gasteiger partial charge on any atom is 0.337 e. The molecule has 0 amide bonds.